The quantitative estimate of drug-likeness (QED) is 0.0103. The van der Waals surface area contributed by atoms with Crippen LogP contribution in [0.5, 0.6) is 0 Å². The molecule has 4 atom stereocenters. The Labute approximate surface area is 482 Å². The molecule has 0 bridgehead atoms. The van der Waals surface area contributed by atoms with Crippen molar-refractivity contribution in [1.29, 1.82) is 0 Å². The molecule has 21 N–H and O–H groups in total. The van der Waals surface area contributed by atoms with Crippen molar-refractivity contribution in [3.8, 4) is 11.5 Å². The second-order valence-electron chi connectivity index (χ2n) is 19.1. The summed E-state index contributed by atoms with van der Waals surface area (Å²) in [6, 6.07) is 26.5. The Balaban J connectivity index is 1.27. The molecule has 6 rings (SSSR count). The topological polar surface area (TPSA) is 477 Å². The summed E-state index contributed by atoms with van der Waals surface area (Å²) >= 11 is 0. The number of hydrogen-bond donors (Lipinski definition) is 13. The van der Waals surface area contributed by atoms with E-state index in [-0.39, 0.29) is 137 Å². The van der Waals surface area contributed by atoms with Gasteiger partial charge in [0.25, 0.3) is 5.91 Å². The van der Waals surface area contributed by atoms with Crippen molar-refractivity contribution in [3.63, 3.8) is 0 Å². The molecule has 28 heteroatoms. The van der Waals surface area contributed by atoms with Gasteiger partial charge in [-0.2, -0.15) is 0 Å². The van der Waals surface area contributed by atoms with Gasteiger partial charge in [-0.3, -0.25) is 39.1 Å². The number of ether oxygens (including phenoxy) is 2. The number of guanidine groups is 4. The number of benzene rings is 5. The third kappa shape index (κ3) is 20.5. The number of amides is 6. The number of carbonyl (C=O) groups is 6. The predicted molar refractivity (Wildman–Crippen MR) is 318 cm³/mol. The van der Waals surface area contributed by atoms with Gasteiger partial charge in [-0.25, -0.2) is 19.6 Å². The van der Waals surface area contributed by atoms with Gasteiger partial charge >= 0.3 is 12.2 Å². The monoisotopic (exact) mass is 1150 g/mol. The van der Waals surface area contributed by atoms with Crippen molar-refractivity contribution in [2.24, 2.45) is 70.8 Å². The molecule has 0 unspecified atom stereocenters. The van der Waals surface area contributed by atoms with Gasteiger partial charge in [-0.1, -0.05) is 84.9 Å². The Bertz CT molecular complexity index is 3380. The van der Waals surface area contributed by atoms with Gasteiger partial charge in [0, 0.05) is 49.1 Å². The zero-order valence-corrected chi connectivity index (χ0v) is 46.1. The van der Waals surface area contributed by atoms with E-state index in [2.05, 4.69) is 51.5 Å². The number of alkyl carbamates (subject to hydrolysis) is 2. The van der Waals surface area contributed by atoms with Crippen LogP contribution >= 0.6 is 0 Å². The fourth-order valence-corrected chi connectivity index (χ4v) is 8.48. The molecule has 0 saturated heterocycles. The summed E-state index contributed by atoms with van der Waals surface area (Å²) < 4.78 is 17.3. The number of aromatic nitrogens is 1. The lowest BCUT2D eigenvalue weighted by Gasteiger charge is -2.23. The highest BCUT2D eigenvalue weighted by Crippen LogP contribution is 2.34. The van der Waals surface area contributed by atoms with E-state index in [0.717, 1.165) is 11.1 Å². The minimum atomic E-state index is -1.23. The normalized spacial score (nSPS) is 12.5. The van der Waals surface area contributed by atoms with Gasteiger partial charge in [0.1, 0.15) is 48.6 Å². The third-order valence-corrected chi connectivity index (χ3v) is 12.5. The van der Waals surface area contributed by atoms with Crippen LogP contribution in [0.1, 0.15) is 62.5 Å². The highest BCUT2D eigenvalue weighted by atomic mass is 16.6. The number of aliphatic imine (C=N–C) groups is 4. The van der Waals surface area contributed by atoms with Crippen molar-refractivity contribution in [2.45, 2.75) is 88.7 Å². The second-order valence-corrected chi connectivity index (χ2v) is 19.1. The van der Waals surface area contributed by atoms with E-state index in [0.29, 0.717) is 22.0 Å². The summed E-state index contributed by atoms with van der Waals surface area (Å²) in [7, 11) is 0. The molecule has 0 saturated carbocycles. The molecule has 0 fully saturated rings. The van der Waals surface area contributed by atoms with E-state index in [1.165, 1.54) is 6.07 Å². The van der Waals surface area contributed by atoms with Crippen molar-refractivity contribution < 1.29 is 42.7 Å². The van der Waals surface area contributed by atoms with Crippen molar-refractivity contribution >= 4 is 87.2 Å². The number of fused-ring (bicyclic) bond motifs is 4. The molecule has 4 aromatic carbocycles. The lowest BCUT2D eigenvalue weighted by molar-refractivity contribution is -0.128. The molecule has 0 spiro atoms. The smallest absolute Gasteiger partial charge is 0.408 e. The summed E-state index contributed by atoms with van der Waals surface area (Å²) in [5, 5.41) is 15.0. The molecule has 444 valence electrons. The van der Waals surface area contributed by atoms with Crippen LogP contribution in [-0.4, -0.2) is 115 Å². The maximum atomic E-state index is 14.5. The van der Waals surface area contributed by atoms with Gasteiger partial charge in [-0.05, 0) is 74.6 Å². The number of rotatable bonds is 29. The fraction of sp³-hybridized carbons (Fsp3) is 0.321. The van der Waals surface area contributed by atoms with Crippen LogP contribution in [0.15, 0.2) is 139 Å². The average Bonchev–Trinajstić information content (AvgIpc) is 2.75. The van der Waals surface area contributed by atoms with Crippen LogP contribution in [0.4, 0.5) is 15.3 Å². The minimum Gasteiger partial charge on any atom is -0.453 e. The first kappa shape index (κ1) is 62.7. The predicted octanol–water partition coefficient (Wildman–Crippen LogP) is 1.23. The van der Waals surface area contributed by atoms with E-state index in [1.54, 1.807) is 91.0 Å². The fourth-order valence-electron chi connectivity index (χ4n) is 8.48. The average molecular weight is 1150 g/mol. The zero-order valence-electron chi connectivity index (χ0n) is 46.1. The molecule has 84 heavy (non-hydrogen) atoms. The minimum absolute atomic E-state index is 0.0402. The summed E-state index contributed by atoms with van der Waals surface area (Å²) in [4.78, 5) is 108. The number of nitrogens with one attached hydrogen (secondary N) is 5. The number of anilines is 1. The molecule has 4 aromatic rings. The molecule has 1 aliphatic carbocycles. The van der Waals surface area contributed by atoms with Crippen LogP contribution in [0.25, 0.3) is 33.3 Å². The van der Waals surface area contributed by atoms with Crippen LogP contribution in [0.2, 0.25) is 0 Å². The van der Waals surface area contributed by atoms with Crippen molar-refractivity contribution in [2.75, 3.05) is 31.5 Å². The number of nitrogens with zero attached hydrogens (tertiary/aromatic N) is 6. The molecule has 6 amide bonds. The molecular weight excluding hydrogens is 1080 g/mol. The van der Waals surface area contributed by atoms with E-state index >= 15 is 0 Å². The standard InChI is InChI=1S/C56H71N19O9/c57-51(58)65-25-9-19-39(71-49(78)41(21-11-27-67-53(61)62)74-55(80)82-31-33-13-3-1-4-14-33)47(76)69-35-23-24-38-44(29-35)84-45-30-43(36-17-7-8-18-37(36)46(45)70-38)73-48(77)40(20-10-26-66-52(59)60)72-50(79)42(22-12-28-68-54(63)64)75-56(81)83-32-34-15-5-2-6-16-34/h1-8,13-18,23-24,29-30,39-42H,9-12,19-22,25-28,31-32H2,(H,71,78)(H,72,79)(H,73,77)(H,74,80)(H,75,81)(H4,57,58,65)(H4,59,60,66)(H4,61,62,67)(H4,63,64,68)/t39-,40+,41-,42+/m0/s1. The van der Waals surface area contributed by atoms with Crippen LogP contribution in [0.3, 0.4) is 0 Å². The molecule has 1 aliphatic heterocycles. The molecule has 2 aliphatic rings. The molecule has 1 heterocycles. The molecular formula is C56H71N19O9. The van der Waals surface area contributed by atoms with Crippen molar-refractivity contribution in [3.05, 3.63) is 126 Å². The molecule has 0 aromatic heterocycles. The van der Waals surface area contributed by atoms with E-state index in [9.17, 15) is 28.8 Å². The largest absolute Gasteiger partial charge is 0.453 e. The van der Waals surface area contributed by atoms with Crippen LogP contribution in [0, 0.1) is 0 Å². The van der Waals surface area contributed by atoms with E-state index < -0.39 is 60.0 Å². The highest BCUT2D eigenvalue weighted by molar-refractivity contribution is 6.13. The maximum absolute atomic E-state index is 14.5. The highest BCUT2D eigenvalue weighted by Gasteiger charge is 2.30. The van der Waals surface area contributed by atoms with Gasteiger partial charge in [0.15, 0.2) is 35.2 Å². The Morgan fingerprint density at radius 2 is 0.917 bits per heavy atom. The van der Waals surface area contributed by atoms with E-state index in [4.69, 9.17) is 64.7 Å². The Morgan fingerprint density at radius 1 is 0.488 bits per heavy atom. The third-order valence-electron chi connectivity index (χ3n) is 12.5. The number of hydrogen-bond acceptors (Lipinski definition) is 14. The second kappa shape index (κ2) is 32.0. The van der Waals surface area contributed by atoms with Gasteiger partial charge < -0.3 is 86.3 Å². The van der Waals surface area contributed by atoms with Crippen LogP contribution in [-0.2, 0) is 41.9 Å². The zero-order chi connectivity index (χ0) is 60.4. The van der Waals surface area contributed by atoms with Gasteiger partial charge in [-0.15, -0.1) is 0 Å². The van der Waals surface area contributed by atoms with Crippen molar-refractivity contribution in [1.82, 2.24) is 26.3 Å². The lowest BCUT2D eigenvalue weighted by atomic mass is 10.0. The van der Waals surface area contributed by atoms with Gasteiger partial charge in [0.2, 0.25) is 17.7 Å². The summed E-state index contributed by atoms with van der Waals surface area (Å²) in [5.74, 6) is -3.20. The first-order valence-corrected chi connectivity index (χ1v) is 26.8. The Hall–Kier alpha value is -10.5. The first-order chi connectivity index (χ1) is 40.4. The maximum Gasteiger partial charge on any atom is 0.408 e. The van der Waals surface area contributed by atoms with E-state index in [1.807, 2.05) is 12.1 Å². The van der Waals surface area contributed by atoms with Gasteiger partial charge in [0.05, 0.1) is 11.0 Å². The molecule has 0 radical (unpaired) electrons. The summed E-state index contributed by atoms with van der Waals surface area (Å²) in [5.41, 5.74) is 47.1. The Morgan fingerprint density at radius 3 is 1.39 bits per heavy atom. The molecule has 28 nitrogen and oxygen atoms in total. The SMILES string of the molecule is NC(N)=NCCC[C@H](NC(=O)[C@H](CCCN=C(N)N)NC(=O)OCc1ccccc1)C(=O)N=c1ccc2nc3c(cc(NC(=O)[C@@H](CCCN=C(N)N)NC(=O)[C@@H](CCCN=C(N)N)NC(=O)OCc4ccccc4)c4ccccc43)oc-2c1. The summed E-state index contributed by atoms with van der Waals surface area (Å²) in [6.45, 7) is 0.435. The van der Waals surface area contributed by atoms with Crippen LogP contribution < -0.4 is 77.8 Å². The first-order valence-electron chi connectivity index (χ1n) is 26.8. The Kier molecular flexibility index (Phi) is 23.9. The lowest BCUT2D eigenvalue weighted by Crippen LogP contribution is -2.52. The number of carbonyl (C=O) groups excluding carboxylic acids is 6. The number of nitrogens with two attached hydrogens (primary N) is 8. The summed E-state index contributed by atoms with van der Waals surface area (Å²) in [6.07, 6.45) is -0.451.